The van der Waals surface area contributed by atoms with Crippen LogP contribution in [0.3, 0.4) is 0 Å². The summed E-state index contributed by atoms with van der Waals surface area (Å²) in [5.74, 6) is 1.75. The maximum atomic E-state index is 6.38. The van der Waals surface area contributed by atoms with Gasteiger partial charge in [-0.15, -0.1) is 0 Å². The largest absolute Gasteiger partial charge is 0.494 e. The highest BCUT2D eigenvalue weighted by Crippen LogP contribution is 2.44. The zero-order valence-electron chi connectivity index (χ0n) is 11.8. The van der Waals surface area contributed by atoms with E-state index in [1.54, 1.807) is 0 Å². The number of benzene rings is 2. The van der Waals surface area contributed by atoms with Gasteiger partial charge in [0.2, 0.25) is 0 Å². The monoisotopic (exact) mass is 269 g/mol. The first-order valence-corrected chi connectivity index (χ1v) is 7.04. The topological polar surface area (TPSA) is 44.5 Å². The van der Waals surface area contributed by atoms with Gasteiger partial charge in [-0.2, -0.15) is 0 Å². The summed E-state index contributed by atoms with van der Waals surface area (Å²) in [6.45, 7) is 5.29. The fourth-order valence-electron chi connectivity index (χ4n) is 2.77. The van der Waals surface area contributed by atoms with Crippen molar-refractivity contribution in [2.75, 3.05) is 13.2 Å². The van der Waals surface area contributed by atoms with E-state index in [1.807, 2.05) is 38.1 Å². The van der Waals surface area contributed by atoms with Gasteiger partial charge < -0.3 is 15.2 Å². The molecule has 2 N–H and O–H groups in total. The van der Waals surface area contributed by atoms with Crippen molar-refractivity contribution in [1.29, 1.82) is 0 Å². The molecule has 0 heterocycles. The minimum absolute atomic E-state index is 0.110. The summed E-state index contributed by atoms with van der Waals surface area (Å²) in [5.41, 5.74) is 11.0. The van der Waals surface area contributed by atoms with Gasteiger partial charge in [0.1, 0.15) is 11.5 Å². The number of hydrogen-bond donors (Lipinski definition) is 1. The molecule has 0 atom stereocenters. The predicted octanol–water partition coefficient (Wildman–Crippen LogP) is 3.51. The molecule has 0 radical (unpaired) electrons. The zero-order chi connectivity index (χ0) is 14.1. The number of hydrogen-bond acceptors (Lipinski definition) is 3. The van der Waals surface area contributed by atoms with Crippen molar-refractivity contribution >= 4 is 0 Å². The summed E-state index contributed by atoms with van der Waals surface area (Å²) in [4.78, 5) is 0. The Morgan fingerprint density at radius 1 is 0.850 bits per heavy atom. The van der Waals surface area contributed by atoms with Crippen molar-refractivity contribution in [2.24, 2.45) is 5.73 Å². The zero-order valence-corrected chi connectivity index (χ0v) is 11.8. The molecule has 104 valence electrons. The molecule has 0 fully saturated rings. The third kappa shape index (κ3) is 2.04. The van der Waals surface area contributed by atoms with Gasteiger partial charge in [-0.25, -0.2) is 0 Å². The quantitative estimate of drug-likeness (QED) is 0.923. The Hall–Kier alpha value is -2.00. The highest BCUT2D eigenvalue weighted by atomic mass is 16.5. The second-order valence-corrected chi connectivity index (χ2v) is 4.84. The fourth-order valence-corrected chi connectivity index (χ4v) is 2.77. The van der Waals surface area contributed by atoms with Gasteiger partial charge in [0.15, 0.2) is 0 Å². The molecule has 3 rings (SSSR count). The Morgan fingerprint density at radius 3 is 1.70 bits per heavy atom. The van der Waals surface area contributed by atoms with Crippen LogP contribution in [-0.4, -0.2) is 13.2 Å². The third-order valence-electron chi connectivity index (χ3n) is 3.63. The molecule has 0 spiro atoms. The first-order chi connectivity index (χ1) is 9.74. The van der Waals surface area contributed by atoms with Crippen molar-refractivity contribution in [3.63, 3.8) is 0 Å². The van der Waals surface area contributed by atoms with E-state index in [1.165, 1.54) is 11.1 Å². The molecule has 1 aliphatic carbocycles. The maximum absolute atomic E-state index is 6.38. The lowest BCUT2D eigenvalue weighted by atomic mass is 10.1. The molecule has 20 heavy (non-hydrogen) atoms. The van der Waals surface area contributed by atoms with Crippen LogP contribution in [0.1, 0.15) is 31.0 Å². The van der Waals surface area contributed by atoms with Crippen LogP contribution >= 0.6 is 0 Å². The SMILES string of the molecule is CCOc1ccc2c(c1)C(N)c1cc(OCC)ccc1-2. The van der Waals surface area contributed by atoms with E-state index < -0.39 is 0 Å². The van der Waals surface area contributed by atoms with E-state index in [0.717, 1.165) is 22.6 Å². The molecule has 3 heteroatoms. The average molecular weight is 269 g/mol. The van der Waals surface area contributed by atoms with Crippen molar-refractivity contribution in [2.45, 2.75) is 19.9 Å². The molecular weight excluding hydrogens is 250 g/mol. The van der Waals surface area contributed by atoms with Crippen LogP contribution in [0.4, 0.5) is 0 Å². The van der Waals surface area contributed by atoms with Gasteiger partial charge in [-0.1, -0.05) is 12.1 Å². The fraction of sp³-hybridized carbons (Fsp3) is 0.294. The Kier molecular flexibility index (Phi) is 3.36. The summed E-state index contributed by atoms with van der Waals surface area (Å²) in [6.07, 6.45) is 0. The molecule has 1 aliphatic rings. The summed E-state index contributed by atoms with van der Waals surface area (Å²) < 4.78 is 11.1. The van der Waals surface area contributed by atoms with E-state index >= 15 is 0 Å². The van der Waals surface area contributed by atoms with E-state index in [2.05, 4.69) is 12.1 Å². The molecule has 0 amide bonds. The van der Waals surface area contributed by atoms with Gasteiger partial charge >= 0.3 is 0 Å². The van der Waals surface area contributed by atoms with Gasteiger partial charge in [0.25, 0.3) is 0 Å². The van der Waals surface area contributed by atoms with Gasteiger partial charge in [-0.05, 0) is 60.4 Å². The summed E-state index contributed by atoms with van der Waals surface area (Å²) in [5, 5.41) is 0. The number of nitrogens with two attached hydrogens (primary N) is 1. The highest BCUT2D eigenvalue weighted by Gasteiger charge is 2.26. The molecule has 0 unspecified atom stereocenters. The molecule has 0 saturated carbocycles. The van der Waals surface area contributed by atoms with Crippen molar-refractivity contribution in [3.8, 4) is 22.6 Å². The first kappa shape index (κ1) is 13.0. The highest BCUT2D eigenvalue weighted by molar-refractivity contribution is 5.79. The Bertz CT molecular complexity index is 581. The molecule has 0 aliphatic heterocycles. The van der Waals surface area contributed by atoms with Crippen LogP contribution in [-0.2, 0) is 0 Å². The molecule has 3 nitrogen and oxygen atoms in total. The lowest BCUT2D eigenvalue weighted by Gasteiger charge is -2.10. The van der Waals surface area contributed by atoms with Crippen molar-refractivity contribution in [3.05, 3.63) is 47.5 Å². The minimum Gasteiger partial charge on any atom is -0.494 e. The van der Waals surface area contributed by atoms with Gasteiger partial charge in [0, 0.05) is 0 Å². The Balaban J connectivity index is 2.04. The van der Waals surface area contributed by atoms with Crippen LogP contribution in [0.2, 0.25) is 0 Å². The molecule has 2 aromatic rings. The van der Waals surface area contributed by atoms with Crippen LogP contribution in [0, 0.1) is 0 Å². The lowest BCUT2D eigenvalue weighted by molar-refractivity contribution is 0.339. The summed E-state index contributed by atoms with van der Waals surface area (Å²) in [7, 11) is 0. The molecule has 0 bridgehead atoms. The normalized spacial score (nSPS) is 12.9. The molecule has 0 saturated heterocycles. The number of rotatable bonds is 4. The van der Waals surface area contributed by atoms with Crippen molar-refractivity contribution < 1.29 is 9.47 Å². The van der Waals surface area contributed by atoms with E-state index in [0.29, 0.717) is 13.2 Å². The van der Waals surface area contributed by atoms with Crippen LogP contribution in [0.15, 0.2) is 36.4 Å². The van der Waals surface area contributed by atoms with Gasteiger partial charge in [-0.3, -0.25) is 0 Å². The summed E-state index contributed by atoms with van der Waals surface area (Å²) >= 11 is 0. The van der Waals surface area contributed by atoms with E-state index in [-0.39, 0.29) is 6.04 Å². The number of fused-ring (bicyclic) bond motifs is 3. The Labute approximate surface area is 119 Å². The molecule has 2 aromatic carbocycles. The Morgan fingerprint density at radius 2 is 1.30 bits per heavy atom. The molecule has 0 aromatic heterocycles. The van der Waals surface area contributed by atoms with E-state index in [4.69, 9.17) is 15.2 Å². The lowest BCUT2D eigenvalue weighted by Crippen LogP contribution is -2.08. The standard InChI is InChI=1S/C17H19NO2/c1-3-19-11-5-7-13-14-8-6-12(20-4-2)10-16(14)17(18)15(13)9-11/h5-10,17H,3-4,18H2,1-2H3. The molecular formula is C17H19NO2. The third-order valence-corrected chi connectivity index (χ3v) is 3.63. The van der Waals surface area contributed by atoms with Crippen LogP contribution < -0.4 is 15.2 Å². The average Bonchev–Trinajstić information content (AvgIpc) is 2.73. The van der Waals surface area contributed by atoms with Crippen molar-refractivity contribution in [1.82, 2.24) is 0 Å². The smallest absolute Gasteiger partial charge is 0.119 e. The van der Waals surface area contributed by atoms with Crippen LogP contribution in [0.25, 0.3) is 11.1 Å². The maximum Gasteiger partial charge on any atom is 0.119 e. The second kappa shape index (κ2) is 5.17. The second-order valence-electron chi connectivity index (χ2n) is 4.84. The minimum atomic E-state index is -0.110. The number of ether oxygens (including phenoxy) is 2. The first-order valence-electron chi connectivity index (χ1n) is 7.04. The summed E-state index contributed by atoms with van der Waals surface area (Å²) in [6, 6.07) is 12.2. The van der Waals surface area contributed by atoms with Gasteiger partial charge in [0.05, 0.1) is 19.3 Å². The van der Waals surface area contributed by atoms with E-state index in [9.17, 15) is 0 Å². The van der Waals surface area contributed by atoms with Crippen LogP contribution in [0.5, 0.6) is 11.5 Å². The predicted molar refractivity (Wildman–Crippen MR) is 80.2 cm³/mol.